The molecule has 0 aliphatic rings. The molecule has 2 aromatic heterocycles. The van der Waals surface area contributed by atoms with E-state index in [-0.39, 0.29) is 5.97 Å². The molecule has 0 aromatic carbocycles. The van der Waals surface area contributed by atoms with E-state index in [4.69, 9.17) is 0 Å². The van der Waals surface area contributed by atoms with Gasteiger partial charge >= 0.3 is 5.97 Å². The number of carbonyl (C=O) groups excluding carboxylic acids is 1. The number of aromatic amines is 1. The Morgan fingerprint density at radius 2 is 2.40 bits per heavy atom. The van der Waals surface area contributed by atoms with Crippen molar-refractivity contribution < 1.29 is 9.53 Å². The molecule has 5 nitrogen and oxygen atoms in total. The first-order chi connectivity index (χ1) is 7.29. The van der Waals surface area contributed by atoms with Crippen molar-refractivity contribution in [2.45, 2.75) is 0 Å². The molecule has 0 aliphatic carbocycles. The van der Waals surface area contributed by atoms with Gasteiger partial charge in [-0.05, 0) is 17.7 Å². The monoisotopic (exact) mass is 203 g/mol. The van der Waals surface area contributed by atoms with E-state index in [1.165, 1.54) is 13.2 Å². The second kappa shape index (κ2) is 3.91. The molecule has 76 valence electrons. The minimum atomic E-state index is -0.387. The Balaban J connectivity index is 2.28. The highest BCUT2D eigenvalue weighted by Crippen LogP contribution is 2.10. The molecule has 1 N–H and O–H groups in total. The fraction of sp³-hybridized carbons (Fsp3) is 0.100. The van der Waals surface area contributed by atoms with Crippen LogP contribution in [0.3, 0.4) is 0 Å². The summed E-state index contributed by atoms with van der Waals surface area (Å²) < 4.78 is 4.48. The fourth-order valence-electron chi connectivity index (χ4n) is 1.18. The molecule has 0 unspecified atom stereocenters. The number of rotatable bonds is 2. The minimum Gasteiger partial charge on any atom is -0.466 e. The van der Waals surface area contributed by atoms with E-state index in [2.05, 4.69) is 19.9 Å². The number of H-pyrrole nitrogens is 1. The lowest BCUT2D eigenvalue weighted by molar-refractivity contribution is -0.134. The van der Waals surface area contributed by atoms with Crippen molar-refractivity contribution >= 4 is 23.1 Å². The second-order valence-corrected chi connectivity index (χ2v) is 2.93. The molecular formula is C10H9N3O2. The van der Waals surface area contributed by atoms with Gasteiger partial charge in [0.15, 0.2) is 5.65 Å². The lowest BCUT2D eigenvalue weighted by Gasteiger charge is -1.93. The van der Waals surface area contributed by atoms with E-state index in [1.54, 1.807) is 18.5 Å². The number of nitrogens with zero attached hydrogens (tertiary/aromatic N) is 2. The highest BCUT2D eigenvalue weighted by Gasteiger charge is 1.97. The van der Waals surface area contributed by atoms with Crippen LogP contribution in [0.2, 0.25) is 0 Å². The lowest BCUT2D eigenvalue weighted by atomic mass is 10.2. The Hall–Kier alpha value is -2.17. The number of hydrogen-bond acceptors (Lipinski definition) is 4. The average Bonchev–Trinajstić information content (AvgIpc) is 2.72. The summed E-state index contributed by atoms with van der Waals surface area (Å²) in [6.45, 7) is 0. The van der Waals surface area contributed by atoms with E-state index in [0.717, 1.165) is 16.6 Å². The zero-order valence-corrected chi connectivity index (χ0v) is 8.10. The normalized spacial score (nSPS) is 11.0. The third-order valence-corrected chi connectivity index (χ3v) is 1.93. The highest BCUT2D eigenvalue weighted by molar-refractivity contribution is 5.87. The van der Waals surface area contributed by atoms with Crippen LogP contribution in [0.25, 0.3) is 17.1 Å². The van der Waals surface area contributed by atoms with Crippen molar-refractivity contribution in [3.8, 4) is 0 Å². The predicted molar refractivity (Wildman–Crippen MR) is 54.9 cm³/mol. The Bertz CT molecular complexity index is 516. The lowest BCUT2D eigenvalue weighted by Crippen LogP contribution is -1.93. The Labute approximate surface area is 85.8 Å². The van der Waals surface area contributed by atoms with E-state index < -0.39 is 0 Å². The summed E-state index contributed by atoms with van der Waals surface area (Å²) in [5.41, 5.74) is 1.56. The van der Waals surface area contributed by atoms with Gasteiger partial charge in [0.25, 0.3) is 0 Å². The van der Waals surface area contributed by atoms with Gasteiger partial charge in [-0.25, -0.2) is 9.78 Å². The zero-order chi connectivity index (χ0) is 10.7. The SMILES string of the molecule is COC(=O)/C=C/c1cnc2[nH]ncc2c1. The maximum absolute atomic E-state index is 10.9. The number of fused-ring (bicyclic) bond motifs is 1. The molecule has 2 heterocycles. The Kier molecular flexibility index (Phi) is 2.45. The molecule has 0 atom stereocenters. The molecule has 0 saturated carbocycles. The Morgan fingerprint density at radius 1 is 1.53 bits per heavy atom. The molecule has 2 rings (SSSR count). The van der Waals surface area contributed by atoms with E-state index in [0.29, 0.717) is 0 Å². The van der Waals surface area contributed by atoms with Gasteiger partial charge in [0.05, 0.1) is 13.3 Å². The molecule has 0 amide bonds. The predicted octanol–water partition coefficient (Wildman–Crippen LogP) is 1.14. The van der Waals surface area contributed by atoms with E-state index in [9.17, 15) is 4.79 Å². The second-order valence-electron chi connectivity index (χ2n) is 2.93. The number of nitrogens with one attached hydrogen (secondary N) is 1. The third-order valence-electron chi connectivity index (χ3n) is 1.93. The van der Waals surface area contributed by atoms with Crippen molar-refractivity contribution in [2.75, 3.05) is 7.11 Å². The minimum absolute atomic E-state index is 0.387. The van der Waals surface area contributed by atoms with E-state index in [1.807, 2.05) is 6.07 Å². The summed E-state index contributed by atoms with van der Waals surface area (Å²) in [7, 11) is 1.34. The van der Waals surface area contributed by atoms with Crippen molar-refractivity contribution in [3.63, 3.8) is 0 Å². The van der Waals surface area contributed by atoms with E-state index >= 15 is 0 Å². The van der Waals surface area contributed by atoms with Crippen molar-refractivity contribution in [3.05, 3.63) is 30.1 Å². The first-order valence-corrected chi connectivity index (χ1v) is 4.35. The molecule has 2 aromatic rings. The summed E-state index contributed by atoms with van der Waals surface area (Å²) in [5.74, 6) is -0.387. The summed E-state index contributed by atoms with van der Waals surface area (Å²) >= 11 is 0. The number of aromatic nitrogens is 3. The van der Waals surface area contributed by atoms with Crippen LogP contribution in [0.4, 0.5) is 0 Å². The number of methoxy groups -OCH3 is 1. The van der Waals surface area contributed by atoms with Crippen LogP contribution < -0.4 is 0 Å². The van der Waals surface area contributed by atoms with Crippen molar-refractivity contribution in [1.82, 2.24) is 15.2 Å². The first kappa shape index (κ1) is 9.39. The summed E-state index contributed by atoms with van der Waals surface area (Å²) in [6, 6.07) is 1.88. The van der Waals surface area contributed by atoms with Gasteiger partial charge in [-0.15, -0.1) is 0 Å². The quantitative estimate of drug-likeness (QED) is 0.587. The molecule has 0 saturated heterocycles. The van der Waals surface area contributed by atoms with Crippen molar-refractivity contribution in [2.24, 2.45) is 0 Å². The standard InChI is InChI=1S/C10H9N3O2/c1-15-9(14)3-2-7-4-8-6-12-13-10(8)11-5-7/h2-6H,1H3,(H,11,12,13)/b3-2+. The van der Waals surface area contributed by atoms with Crippen molar-refractivity contribution in [1.29, 1.82) is 0 Å². The first-order valence-electron chi connectivity index (χ1n) is 4.35. The number of carbonyl (C=O) groups is 1. The van der Waals surface area contributed by atoms with Crippen LogP contribution in [0.5, 0.6) is 0 Å². The Morgan fingerprint density at radius 3 is 3.20 bits per heavy atom. The maximum Gasteiger partial charge on any atom is 0.330 e. The van der Waals surface area contributed by atoms with Crippen LogP contribution in [0, 0.1) is 0 Å². The highest BCUT2D eigenvalue weighted by atomic mass is 16.5. The smallest absolute Gasteiger partial charge is 0.330 e. The molecule has 0 spiro atoms. The van der Waals surface area contributed by atoms with Crippen LogP contribution in [0.1, 0.15) is 5.56 Å². The molecule has 0 radical (unpaired) electrons. The zero-order valence-electron chi connectivity index (χ0n) is 8.10. The molecule has 0 fully saturated rings. The van der Waals surface area contributed by atoms with Gasteiger partial charge in [0.2, 0.25) is 0 Å². The average molecular weight is 203 g/mol. The van der Waals surface area contributed by atoms with Gasteiger partial charge in [-0.3, -0.25) is 5.10 Å². The van der Waals surface area contributed by atoms with Gasteiger partial charge in [0.1, 0.15) is 0 Å². The number of pyridine rings is 1. The van der Waals surface area contributed by atoms with Crippen LogP contribution >= 0.6 is 0 Å². The largest absolute Gasteiger partial charge is 0.466 e. The number of esters is 1. The van der Waals surface area contributed by atoms with Gasteiger partial charge < -0.3 is 4.74 Å². The third kappa shape index (κ3) is 2.01. The molecule has 15 heavy (non-hydrogen) atoms. The fourth-order valence-corrected chi connectivity index (χ4v) is 1.18. The summed E-state index contributed by atoms with van der Waals surface area (Å²) in [4.78, 5) is 15.0. The van der Waals surface area contributed by atoms with Crippen LogP contribution in [0.15, 0.2) is 24.5 Å². The topological polar surface area (TPSA) is 67.9 Å². The molecule has 0 aliphatic heterocycles. The number of ether oxygens (including phenoxy) is 1. The van der Waals surface area contributed by atoms with Crippen LogP contribution in [-0.2, 0) is 9.53 Å². The van der Waals surface area contributed by atoms with Gasteiger partial charge in [0, 0.05) is 17.7 Å². The summed E-state index contributed by atoms with van der Waals surface area (Å²) in [6.07, 6.45) is 6.33. The number of hydrogen-bond donors (Lipinski definition) is 1. The maximum atomic E-state index is 10.9. The molecule has 5 heteroatoms. The molecular weight excluding hydrogens is 194 g/mol. The van der Waals surface area contributed by atoms with Gasteiger partial charge in [-0.2, -0.15) is 5.10 Å². The van der Waals surface area contributed by atoms with Crippen LogP contribution in [-0.4, -0.2) is 28.3 Å². The van der Waals surface area contributed by atoms with Gasteiger partial charge in [-0.1, -0.05) is 0 Å². The summed E-state index contributed by atoms with van der Waals surface area (Å²) in [5, 5.41) is 7.50. The molecule has 0 bridgehead atoms.